The number of anilines is 1. The third-order valence-corrected chi connectivity index (χ3v) is 8.31. The molecule has 0 saturated carbocycles. The van der Waals surface area contributed by atoms with Crippen LogP contribution in [0, 0.1) is 12.3 Å². The minimum Gasteiger partial charge on any atom is -0.497 e. The SMILES string of the molecule is C#Cc1ccc([C@H]2C=C(C(=O)Nc3cccnc3)O[C@@H](OCCN(CCO)S(=O)(=O)c3ccc(OC)cc3)C2)cc1. The van der Waals surface area contributed by atoms with E-state index in [4.69, 9.17) is 20.6 Å². The van der Waals surface area contributed by atoms with Gasteiger partial charge in [-0.1, -0.05) is 18.1 Å². The predicted octanol–water partition coefficient (Wildman–Crippen LogP) is 3.12. The van der Waals surface area contributed by atoms with Crippen LogP contribution in [0.5, 0.6) is 5.75 Å². The van der Waals surface area contributed by atoms with Gasteiger partial charge in [0.05, 0.1) is 37.1 Å². The second-order valence-electron chi connectivity index (χ2n) is 9.06. The lowest BCUT2D eigenvalue weighted by atomic mass is 9.92. The Morgan fingerprint density at radius 1 is 1.17 bits per heavy atom. The number of allylic oxidation sites excluding steroid dienone is 1. The number of aliphatic hydroxyl groups is 1. The summed E-state index contributed by atoms with van der Waals surface area (Å²) in [7, 11) is -2.42. The van der Waals surface area contributed by atoms with Gasteiger partial charge in [0.25, 0.3) is 5.91 Å². The Kier molecular flexibility index (Phi) is 10.1. The number of sulfonamides is 1. The number of carbonyl (C=O) groups excluding carboxylic acids is 1. The molecule has 11 heteroatoms. The molecule has 2 heterocycles. The maximum atomic E-state index is 13.2. The lowest BCUT2D eigenvalue weighted by Gasteiger charge is -2.30. The summed E-state index contributed by atoms with van der Waals surface area (Å²) in [4.78, 5) is 17.1. The van der Waals surface area contributed by atoms with Gasteiger partial charge in [0, 0.05) is 37.2 Å². The molecule has 0 aliphatic carbocycles. The van der Waals surface area contributed by atoms with E-state index in [-0.39, 0.29) is 42.9 Å². The summed E-state index contributed by atoms with van der Waals surface area (Å²) < 4.78 is 44.5. The number of rotatable bonds is 12. The highest BCUT2D eigenvalue weighted by molar-refractivity contribution is 7.89. The third-order valence-electron chi connectivity index (χ3n) is 6.40. The summed E-state index contributed by atoms with van der Waals surface area (Å²) >= 11 is 0. The van der Waals surface area contributed by atoms with Gasteiger partial charge in [-0.3, -0.25) is 9.78 Å². The van der Waals surface area contributed by atoms with Crippen molar-refractivity contribution < 1.29 is 32.5 Å². The van der Waals surface area contributed by atoms with Crippen molar-refractivity contribution in [2.75, 3.05) is 38.7 Å². The summed E-state index contributed by atoms with van der Waals surface area (Å²) in [6.07, 6.45) is 9.87. The van der Waals surface area contributed by atoms with Crippen molar-refractivity contribution >= 4 is 21.6 Å². The fourth-order valence-corrected chi connectivity index (χ4v) is 5.67. The standard InChI is InChI=1S/C30H31N3O7S/c1-3-22-6-8-23(9-7-22)24-19-28(30(35)32-25-5-4-14-31-21-25)40-29(20-24)39-18-16-33(15-17-34)41(36,37)27-12-10-26(38-2)11-13-27/h1,4-14,19,21,24,29,34H,15-18,20H2,2H3,(H,32,35)/t24-,29+/m0/s1. The van der Waals surface area contributed by atoms with Crippen LogP contribution in [0.2, 0.25) is 0 Å². The summed E-state index contributed by atoms with van der Waals surface area (Å²) in [5.74, 6) is 2.47. The largest absolute Gasteiger partial charge is 0.497 e. The number of terminal acetylenes is 1. The van der Waals surface area contributed by atoms with E-state index in [0.29, 0.717) is 17.9 Å². The number of ether oxygens (including phenoxy) is 3. The van der Waals surface area contributed by atoms with Crippen LogP contribution >= 0.6 is 0 Å². The monoisotopic (exact) mass is 577 g/mol. The molecular weight excluding hydrogens is 546 g/mol. The third kappa shape index (κ3) is 7.71. The molecule has 1 aliphatic rings. The Hall–Kier alpha value is -4.21. The van der Waals surface area contributed by atoms with Gasteiger partial charge in [0.2, 0.25) is 16.3 Å². The molecule has 1 amide bonds. The molecular formula is C30H31N3O7S. The molecule has 3 aromatic rings. The van der Waals surface area contributed by atoms with Crippen molar-refractivity contribution in [1.82, 2.24) is 9.29 Å². The van der Waals surface area contributed by atoms with Gasteiger partial charge in [-0.15, -0.1) is 6.42 Å². The van der Waals surface area contributed by atoms with Crippen molar-refractivity contribution in [2.24, 2.45) is 0 Å². The van der Waals surface area contributed by atoms with Crippen LogP contribution in [0.3, 0.4) is 0 Å². The van der Waals surface area contributed by atoms with Crippen LogP contribution in [-0.2, 0) is 24.3 Å². The number of hydrogen-bond acceptors (Lipinski definition) is 8. The molecule has 2 atom stereocenters. The number of carbonyl (C=O) groups is 1. The molecule has 0 spiro atoms. The molecule has 214 valence electrons. The molecule has 41 heavy (non-hydrogen) atoms. The molecule has 0 unspecified atom stereocenters. The van der Waals surface area contributed by atoms with Crippen molar-refractivity contribution in [3.63, 3.8) is 0 Å². The van der Waals surface area contributed by atoms with Crippen LogP contribution < -0.4 is 10.1 Å². The maximum Gasteiger partial charge on any atom is 0.290 e. The molecule has 1 aliphatic heterocycles. The minimum atomic E-state index is -3.91. The number of amides is 1. The van der Waals surface area contributed by atoms with E-state index in [2.05, 4.69) is 16.2 Å². The van der Waals surface area contributed by atoms with E-state index in [1.165, 1.54) is 25.4 Å². The Labute approximate surface area is 239 Å². The Morgan fingerprint density at radius 3 is 2.56 bits per heavy atom. The number of nitrogens with zero attached hydrogens (tertiary/aromatic N) is 2. The van der Waals surface area contributed by atoms with Gasteiger partial charge in [-0.05, 0) is 60.2 Å². The van der Waals surface area contributed by atoms with Crippen molar-refractivity contribution in [3.05, 3.63) is 96.0 Å². The van der Waals surface area contributed by atoms with Crippen molar-refractivity contribution in [2.45, 2.75) is 23.5 Å². The number of nitrogens with one attached hydrogen (secondary N) is 1. The molecule has 4 rings (SSSR count). The minimum absolute atomic E-state index is 0.0414. The number of pyridine rings is 1. The highest BCUT2D eigenvalue weighted by Gasteiger charge is 2.30. The summed E-state index contributed by atoms with van der Waals surface area (Å²) in [6, 6.07) is 16.8. The molecule has 2 aromatic carbocycles. The van der Waals surface area contributed by atoms with Gasteiger partial charge < -0.3 is 24.6 Å². The molecule has 0 radical (unpaired) electrons. The number of aliphatic hydroxyl groups excluding tert-OH is 1. The first kappa shape index (κ1) is 29.8. The number of benzene rings is 2. The first-order chi connectivity index (χ1) is 19.8. The topological polar surface area (TPSA) is 127 Å². The zero-order valence-corrected chi connectivity index (χ0v) is 23.3. The summed E-state index contributed by atoms with van der Waals surface area (Å²) in [6.45, 7) is -0.573. The number of hydrogen-bond donors (Lipinski definition) is 2. The highest BCUT2D eigenvalue weighted by Crippen LogP contribution is 2.32. The second kappa shape index (κ2) is 13.9. The van der Waals surface area contributed by atoms with E-state index < -0.39 is 22.2 Å². The Morgan fingerprint density at radius 2 is 1.93 bits per heavy atom. The highest BCUT2D eigenvalue weighted by atomic mass is 32.2. The van der Waals surface area contributed by atoms with Gasteiger partial charge in [0.15, 0.2) is 5.76 Å². The van der Waals surface area contributed by atoms with Gasteiger partial charge in [-0.2, -0.15) is 4.31 Å². The molecule has 1 aromatic heterocycles. The number of aromatic nitrogens is 1. The normalized spacial score (nSPS) is 16.8. The average molecular weight is 578 g/mol. The lowest BCUT2D eigenvalue weighted by Crippen LogP contribution is -2.37. The average Bonchev–Trinajstić information content (AvgIpc) is 3.01. The fourth-order valence-electron chi connectivity index (χ4n) is 4.25. The van der Waals surface area contributed by atoms with Crippen LogP contribution in [0.25, 0.3) is 0 Å². The smallest absolute Gasteiger partial charge is 0.290 e. The summed E-state index contributed by atoms with van der Waals surface area (Å²) in [5.41, 5.74) is 2.15. The van der Waals surface area contributed by atoms with Gasteiger partial charge in [0.1, 0.15) is 5.75 Å². The molecule has 0 fully saturated rings. The molecule has 10 nitrogen and oxygen atoms in total. The van der Waals surface area contributed by atoms with Gasteiger partial charge >= 0.3 is 0 Å². The lowest BCUT2D eigenvalue weighted by molar-refractivity contribution is -0.143. The molecule has 0 saturated heterocycles. The van der Waals surface area contributed by atoms with E-state index >= 15 is 0 Å². The molecule has 0 bridgehead atoms. The van der Waals surface area contributed by atoms with Crippen LogP contribution in [0.4, 0.5) is 5.69 Å². The van der Waals surface area contributed by atoms with E-state index in [0.717, 1.165) is 15.4 Å². The first-order valence-electron chi connectivity index (χ1n) is 12.9. The van der Waals surface area contributed by atoms with E-state index in [9.17, 15) is 18.3 Å². The molecule has 2 N–H and O–H groups in total. The second-order valence-corrected chi connectivity index (χ2v) is 11.0. The zero-order chi connectivity index (χ0) is 29.2. The zero-order valence-electron chi connectivity index (χ0n) is 22.5. The van der Waals surface area contributed by atoms with E-state index in [1.54, 1.807) is 36.5 Å². The predicted molar refractivity (Wildman–Crippen MR) is 152 cm³/mol. The summed E-state index contributed by atoms with van der Waals surface area (Å²) in [5, 5.41) is 12.3. The Bertz CT molecular complexity index is 1490. The van der Waals surface area contributed by atoms with E-state index in [1.807, 2.05) is 24.3 Å². The van der Waals surface area contributed by atoms with Crippen LogP contribution in [0.1, 0.15) is 23.5 Å². The Balaban J connectivity index is 1.48. The first-order valence-corrected chi connectivity index (χ1v) is 14.3. The fraction of sp³-hybridized carbons (Fsp3) is 0.267. The maximum absolute atomic E-state index is 13.2. The quantitative estimate of drug-likeness (QED) is 0.315. The van der Waals surface area contributed by atoms with Crippen LogP contribution in [0.15, 0.2) is 89.8 Å². The van der Waals surface area contributed by atoms with Crippen molar-refractivity contribution in [3.8, 4) is 18.1 Å². The number of methoxy groups -OCH3 is 1. The van der Waals surface area contributed by atoms with Gasteiger partial charge in [-0.25, -0.2) is 8.42 Å². The van der Waals surface area contributed by atoms with Crippen LogP contribution in [-0.4, -0.2) is 68.4 Å². The van der Waals surface area contributed by atoms with Crippen molar-refractivity contribution in [1.29, 1.82) is 0 Å².